The Balaban J connectivity index is 1.62. The molecule has 0 bridgehead atoms. The molecule has 1 aliphatic heterocycles. The van der Waals surface area contributed by atoms with E-state index < -0.39 is 17.4 Å². The first-order chi connectivity index (χ1) is 12.6. The highest BCUT2D eigenvalue weighted by molar-refractivity contribution is 5.97. The van der Waals surface area contributed by atoms with Crippen LogP contribution >= 0.6 is 0 Å². The van der Waals surface area contributed by atoms with Gasteiger partial charge in [-0.1, -0.05) is 30.3 Å². The van der Waals surface area contributed by atoms with E-state index in [1.165, 1.54) is 6.20 Å². The lowest BCUT2D eigenvalue weighted by atomic mass is 9.90. The first kappa shape index (κ1) is 17.9. The van der Waals surface area contributed by atoms with E-state index in [2.05, 4.69) is 10.3 Å². The normalized spacial score (nSPS) is 15.8. The van der Waals surface area contributed by atoms with Crippen molar-refractivity contribution in [3.05, 3.63) is 59.8 Å². The van der Waals surface area contributed by atoms with E-state index in [9.17, 15) is 14.7 Å². The van der Waals surface area contributed by atoms with Crippen LogP contribution in [0.4, 0.5) is 0 Å². The van der Waals surface area contributed by atoms with Crippen molar-refractivity contribution in [3.8, 4) is 5.88 Å². The van der Waals surface area contributed by atoms with Crippen molar-refractivity contribution in [2.45, 2.75) is 25.0 Å². The SMILES string of the molecule is O=C(NC1(C(=O)O)CCOCC1)c1ccc(OCc2ccccc2)nc1. The van der Waals surface area contributed by atoms with Crippen molar-refractivity contribution < 1.29 is 24.2 Å². The van der Waals surface area contributed by atoms with Gasteiger partial charge in [0.2, 0.25) is 5.88 Å². The van der Waals surface area contributed by atoms with Gasteiger partial charge in [-0.05, 0) is 11.6 Å². The molecule has 0 spiro atoms. The minimum atomic E-state index is -1.29. The molecule has 0 radical (unpaired) electrons. The van der Waals surface area contributed by atoms with Gasteiger partial charge in [-0.25, -0.2) is 9.78 Å². The molecule has 1 aromatic carbocycles. The number of carboxylic acids is 1. The molecule has 1 aliphatic rings. The zero-order valence-corrected chi connectivity index (χ0v) is 14.2. The standard InChI is InChI=1S/C19H20N2O5/c22-17(21-19(18(23)24)8-10-25-11-9-19)15-6-7-16(20-12-15)26-13-14-4-2-1-3-5-14/h1-7,12H,8-11,13H2,(H,21,22)(H,23,24). The van der Waals surface area contributed by atoms with Crippen molar-refractivity contribution in [2.75, 3.05) is 13.2 Å². The molecule has 7 nitrogen and oxygen atoms in total. The van der Waals surface area contributed by atoms with Crippen molar-refractivity contribution in [1.82, 2.24) is 10.3 Å². The number of carbonyl (C=O) groups excluding carboxylic acids is 1. The van der Waals surface area contributed by atoms with E-state index >= 15 is 0 Å². The minimum absolute atomic E-state index is 0.236. The van der Waals surface area contributed by atoms with Crippen LogP contribution in [-0.2, 0) is 16.1 Å². The fourth-order valence-electron chi connectivity index (χ4n) is 2.73. The van der Waals surface area contributed by atoms with E-state index in [4.69, 9.17) is 9.47 Å². The maximum absolute atomic E-state index is 12.4. The Kier molecular flexibility index (Phi) is 5.48. The molecule has 2 N–H and O–H groups in total. The molecule has 3 rings (SSSR count). The van der Waals surface area contributed by atoms with Gasteiger partial charge >= 0.3 is 5.97 Å². The summed E-state index contributed by atoms with van der Waals surface area (Å²) in [7, 11) is 0. The Morgan fingerprint density at radius 1 is 1.15 bits per heavy atom. The summed E-state index contributed by atoms with van der Waals surface area (Å²) in [6.07, 6.45) is 1.85. The molecule has 0 unspecified atom stereocenters. The summed E-state index contributed by atoms with van der Waals surface area (Å²) >= 11 is 0. The molecule has 0 saturated carbocycles. The molecule has 1 aromatic heterocycles. The predicted molar refractivity (Wildman–Crippen MR) is 92.9 cm³/mol. The van der Waals surface area contributed by atoms with Gasteiger partial charge in [0, 0.05) is 38.3 Å². The fraction of sp³-hybridized carbons (Fsp3) is 0.316. The van der Waals surface area contributed by atoms with Crippen LogP contribution in [0.25, 0.3) is 0 Å². The number of hydrogen-bond donors (Lipinski definition) is 2. The molecule has 0 atom stereocenters. The number of aliphatic carboxylic acids is 1. The second-order valence-electron chi connectivity index (χ2n) is 6.11. The highest BCUT2D eigenvalue weighted by atomic mass is 16.5. The van der Waals surface area contributed by atoms with Crippen LogP contribution in [0.2, 0.25) is 0 Å². The van der Waals surface area contributed by atoms with Crippen molar-refractivity contribution in [3.63, 3.8) is 0 Å². The number of nitrogens with one attached hydrogen (secondary N) is 1. The molecule has 2 heterocycles. The van der Waals surface area contributed by atoms with Crippen LogP contribution in [0.3, 0.4) is 0 Å². The lowest BCUT2D eigenvalue weighted by molar-refractivity contribution is -0.148. The summed E-state index contributed by atoms with van der Waals surface area (Å²) in [6, 6.07) is 12.8. The fourth-order valence-corrected chi connectivity index (χ4v) is 2.73. The van der Waals surface area contributed by atoms with Crippen LogP contribution in [0.1, 0.15) is 28.8 Å². The van der Waals surface area contributed by atoms with Gasteiger partial charge in [0.1, 0.15) is 12.1 Å². The van der Waals surface area contributed by atoms with E-state index in [-0.39, 0.29) is 18.4 Å². The molecule has 1 saturated heterocycles. The molecule has 7 heteroatoms. The van der Waals surface area contributed by atoms with Crippen molar-refractivity contribution in [2.24, 2.45) is 0 Å². The monoisotopic (exact) mass is 356 g/mol. The van der Waals surface area contributed by atoms with Gasteiger partial charge in [0.25, 0.3) is 5.91 Å². The van der Waals surface area contributed by atoms with Crippen molar-refractivity contribution in [1.29, 1.82) is 0 Å². The maximum atomic E-state index is 12.4. The number of pyridine rings is 1. The smallest absolute Gasteiger partial charge is 0.329 e. The molecule has 136 valence electrons. The van der Waals surface area contributed by atoms with E-state index in [1.54, 1.807) is 12.1 Å². The Morgan fingerprint density at radius 2 is 1.88 bits per heavy atom. The molecule has 26 heavy (non-hydrogen) atoms. The molecular weight excluding hydrogens is 336 g/mol. The Hall–Kier alpha value is -2.93. The first-order valence-electron chi connectivity index (χ1n) is 8.35. The number of benzene rings is 1. The van der Waals surface area contributed by atoms with Crippen molar-refractivity contribution >= 4 is 11.9 Å². The molecule has 0 aliphatic carbocycles. The van der Waals surface area contributed by atoms with Crippen LogP contribution in [0.5, 0.6) is 5.88 Å². The zero-order valence-electron chi connectivity index (χ0n) is 14.2. The molecule has 1 fully saturated rings. The predicted octanol–water partition coefficient (Wildman–Crippen LogP) is 2.02. The average molecular weight is 356 g/mol. The number of rotatable bonds is 6. The largest absolute Gasteiger partial charge is 0.480 e. The summed E-state index contributed by atoms with van der Waals surface area (Å²) in [6.45, 7) is 0.982. The van der Waals surface area contributed by atoms with Crippen LogP contribution < -0.4 is 10.1 Å². The third kappa shape index (κ3) is 4.18. The zero-order chi connectivity index (χ0) is 18.4. The number of carboxylic acid groups (broad SMARTS) is 1. The van der Waals surface area contributed by atoms with E-state index in [0.717, 1.165) is 5.56 Å². The minimum Gasteiger partial charge on any atom is -0.480 e. The third-order valence-electron chi connectivity index (χ3n) is 4.34. The Morgan fingerprint density at radius 3 is 2.50 bits per heavy atom. The summed E-state index contributed by atoms with van der Waals surface area (Å²) in [5.74, 6) is -1.13. The summed E-state index contributed by atoms with van der Waals surface area (Å²) in [5.41, 5.74) is 0.000808. The van der Waals surface area contributed by atoms with Gasteiger partial charge in [-0.3, -0.25) is 4.79 Å². The Bertz CT molecular complexity index is 755. The summed E-state index contributed by atoms with van der Waals surface area (Å²) in [5, 5.41) is 12.1. The number of carbonyl (C=O) groups is 2. The third-order valence-corrected chi connectivity index (χ3v) is 4.34. The number of hydrogen-bond acceptors (Lipinski definition) is 5. The summed E-state index contributed by atoms with van der Waals surface area (Å²) < 4.78 is 10.8. The topological polar surface area (TPSA) is 97.8 Å². The Labute approximate surface area is 151 Å². The first-order valence-corrected chi connectivity index (χ1v) is 8.35. The molecule has 2 aromatic rings. The van der Waals surface area contributed by atoms with E-state index in [0.29, 0.717) is 25.7 Å². The second kappa shape index (κ2) is 7.97. The number of nitrogens with zero attached hydrogens (tertiary/aromatic N) is 1. The van der Waals surface area contributed by atoms with Crippen LogP contribution in [-0.4, -0.2) is 40.7 Å². The van der Waals surface area contributed by atoms with Gasteiger partial charge in [0.05, 0.1) is 5.56 Å². The van der Waals surface area contributed by atoms with E-state index in [1.807, 2.05) is 30.3 Å². The number of ether oxygens (including phenoxy) is 2. The maximum Gasteiger partial charge on any atom is 0.329 e. The lowest BCUT2D eigenvalue weighted by Gasteiger charge is -2.33. The highest BCUT2D eigenvalue weighted by Gasteiger charge is 2.41. The lowest BCUT2D eigenvalue weighted by Crippen LogP contribution is -2.57. The quantitative estimate of drug-likeness (QED) is 0.822. The van der Waals surface area contributed by atoms with Gasteiger partial charge in [0.15, 0.2) is 0 Å². The van der Waals surface area contributed by atoms with Gasteiger partial charge in [-0.2, -0.15) is 0 Å². The van der Waals surface area contributed by atoms with Crippen LogP contribution in [0.15, 0.2) is 48.7 Å². The summed E-state index contributed by atoms with van der Waals surface area (Å²) in [4.78, 5) is 28.1. The van der Waals surface area contributed by atoms with Crippen LogP contribution in [0, 0.1) is 0 Å². The number of amides is 1. The van der Waals surface area contributed by atoms with Gasteiger partial charge < -0.3 is 19.9 Å². The average Bonchev–Trinajstić information content (AvgIpc) is 2.68. The molecular formula is C19H20N2O5. The highest BCUT2D eigenvalue weighted by Crippen LogP contribution is 2.22. The molecule has 1 amide bonds. The second-order valence-corrected chi connectivity index (χ2v) is 6.11. The number of aromatic nitrogens is 1. The van der Waals surface area contributed by atoms with Gasteiger partial charge in [-0.15, -0.1) is 0 Å².